The molecule has 0 saturated carbocycles. The number of imidazole rings is 1. The molecule has 92 valence electrons. The van der Waals surface area contributed by atoms with E-state index in [1.807, 2.05) is 19.1 Å². The number of fused-ring (bicyclic) bond motifs is 1. The van der Waals surface area contributed by atoms with Crippen molar-refractivity contribution in [2.45, 2.75) is 26.8 Å². The Hall–Kier alpha value is -1.22. The molecule has 0 fully saturated rings. The second-order valence-electron chi connectivity index (χ2n) is 3.77. The highest BCUT2D eigenvalue weighted by Crippen LogP contribution is 2.26. The molecule has 0 aliphatic carbocycles. The van der Waals surface area contributed by atoms with Gasteiger partial charge in [0.25, 0.3) is 0 Å². The predicted molar refractivity (Wildman–Crippen MR) is 71.0 cm³/mol. The van der Waals surface area contributed by atoms with Gasteiger partial charge in [0, 0.05) is 18.8 Å². The summed E-state index contributed by atoms with van der Waals surface area (Å²) in [6, 6.07) is 6.04. The second-order valence-corrected chi connectivity index (χ2v) is 4.15. The SMILES string of the molecule is CCOc1cccc2c1nc(CCCl)n2CC. The lowest BCUT2D eigenvalue weighted by Gasteiger charge is -2.05. The van der Waals surface area contributed by atoms with Gasteiger partial charge in [-0.15, -0.1) is 11.6 Å². The van der Waals surface area contributed by atoms with Crippen molar-refractivity contribution in [3.05, 3.63) is 24.0 Å². The van der Waals surface area contributed by atoms with E-state index < -0.39 is 0 Å². The zero-order chi connectivity index (χ0) is 12.3. The van der Waals surface area contributed by atoms with Crippen LogP contribution in [0.1, 0.15) is 19.7 Å². The van der Waals surface area contributed by atoms with Crippen molar-refractivity contribution in [3.63, 3.8) is 0 Å². The molecule has 0 aliphatic heterocycles. The topological polar surface area (TPSA) is 27.1 Å². The fourth-order valence-corrected chi connectivity index (χ4v) is 2.24. The van der Waals surface area contributed by atoms with Crippen molar-refractivity contribution in [2.24, 2.45) is 0 Å². The molecule has 0 amide bonds. The number of halogens is 1. The third-order valence-electron chi connectivity index (χ3n) is 2.76. The summed E-state index contributed by atoms with van der Waals surface area (Å²) in [6.45, 7) is 5.66. The first-order valence-electron chi connectivity index (χ1n) is 5.98. The molecule has 2 aromatic rings. The maximum Gasteiger partial charge on any atom is 0.147 e. The number of hydrogen-bond donors (Lipinski definition) is 0. The third kappa shape index (κ3) is 2.25. The number of aryl methyl sites for hydroxylation is 2. The van der Waals surface area contributed by atoms with Crippen LogP contribution in [0, 0.1) is 0 Å². The highest BCUT2D eigenvalue weighted by Gasteiger charge is 2.12. The van der Waals surface area contributed by atoms with E-state index in [1.54, 1.807) is 0 Å². The molecule has 1 aromatic heterocycles. The number of alkyl halides is 1. The normalized spacial score (nSPS) is 11.0. The Bertz CT molecular complexity index is 507. The van der Waals surface area contributed by atoms with Gasteiger partial charge in [-0.25, -0.2) is 4.98 Å². The highest BCUT2D eigenvalue weighted by molar-refractivity contribution is 6.17. The minimum Gasteiger partial charge on any atom is -0.492 e. The summed E-state index contributed by atoms with van der Waals surface area (Å²) in [4.78, 5) is 4.65. The van der Waals surface area contributed by atoms with Crippen LogP contribution in [0.2, 0.25) is 0 Å². The molecule has 0 N–H and O–H groups in total. The maximum absolute atomic E-state index is 5.81. The minimum absolute atomic E-state index is 0.591. The van der Waals surface area contributed by atoms with Crippen LogP contribution in [0.25, 0.3) is 11.0 Å². The largest absolute Gasteiger partial charge is 0.492 e. The minimum atomic E-state index is 0.591. The fourth-order valence-electron chi connectivity index (χ4n) is 2.07. The molecule has 0 bridgehead atoms. The Morgan fingerprint density at radius 2 is 2.18 bits per heavy atom. The summed E-state index contributed by atoms with van der Waals surface area (Å²) >= 11 is 5.81. The zero-order valence-corrected chi connectivity index (χ0v) is 11.0. The lowest BCUT2D eigenvalue weighted by Crippen LogP contribution is -2.02. The molecule has 0 spiro atoms. The lowest BCUT2D eigenvalue weighted by molar-refractivity contribution is 0.343. The van der Waals surface area contributed by atoms with Crippen LogP contribution < -0.4 is 4.74 Å². The van der Waals surface area contributed by atoms with E-state index in [1.165, 1.54) is 0 Å². The summed E-state index contributed by atoms with van der Waals surface area (Å²) in [5.41, 5.74) is 2.06. The standard InChI is InChI=1S/C13H17ClN2O/c1-3-16-10-6-5-7-11(17-4-2)13(10)15-12(16)8-9-14/h5-7H,3-4,8-9H2,1-2H3. The number of para-hydroxylation sites is 1. The van der Waals surface area contributed by atoms with E-state index in [0.717, 1.165) is 35.6 Å². The molecule has 0 unspecified atom stereocenters. The van der Waals surface area contributed by atoms with Crippen molar-refractivity contribution in [2.75, 3.05) is 12.5 Å². The van der Waals surface area contributed by atoms with Gasteiger partial charge in [0.05, 0.1) is 12.1 Å². The first kappa shape index (κ1) is 12.2. The quantitative estimate of drug-likeness (QED) is 0.764. The van der Waals surface area contributed by atoms with Crippen LogP contribution in [-0.4, -0.2) is 22.0 Å². The van der Waals surface area contributed by atoms with E-state index in [2.05, 4.69) is 22.5 Å². The van der Waals surface area contributed by atoms with Gasteiger partial charge in [0.2, 0.25) is 0 Å². The van der Waals surface area contributed by atoms with Gasteiger partial charge in [0.15, 0.2) is 0 Å². The summed E-state index contributed by atoms with van der Waals surface area (Å²) in [7, 11) is 0. The molecule has 0 aliphatic rings. The Morgan fingerprint density at radius 3 is 2.82 bits per heavy atom. The van der Waals surface area contributed by atoms with Crippen LogP contribution >= 0.6 is 11.6 Å². The monoisotopic (exact) mass is 252 g/mol. The van der Waals surface area contributed by atoms with E-state index in [4.69, 9.17) is 16.3 Å². The molecule has 17 heavy (non-hydrogen) atoms. The van der Waals surface area contributed by atoms with Crippen molar-refractivity contribution < 1.29 is 4.74 Å². The number of aromatic nitrogens is 2. The van der Waals surface area contributed by atoms with Crippen LogP contribution in [0.3, 0.4) is 0 Å². The molecule has 3 nitrogen and oxygen atoms in total. The molecule has 1 aromatic carbocycles. The summed E-state index contributed by atoms with van der Waals surface area (Å²) in [6.07, 6.45) is 0.787. The summed E-state index contributed by atoms with van der Waals surface area (Å²) in [5, 5.41) is 0. The van der Waals surface area contributed by atoms with Crippen molar-refractivity contribution in [1.82, 2.24) is 9.55 Å². The van der Waals surface area contributed by atoms with Gasteiger partial charge in [-0.2, -0.15) is 0 Å². The number of rotatable bonds is 5. The number of benzene rings is 1. The third-order valence-corrected chi connectivity index (χ3v) is 2.94. The van der Waals surface area contributed by atoms with Crippen LogP contribution in [-0.2, 0) is 13.0 Å². The van der Waals surface area contributed by atoms with Crippen LogP contribution in [0.4, 0.5) is 0 Å². The first-order chi connectivity index (χ1) is 8.31. The molecular formula is C13H17ClN2O. The summed E-state index contributed by atoms with van der Waals surface area (Å²) in [5.74, 6) is 2.48. The fraction of sp³-hybridized carbons (Fsp3) is 0.462. The first-order valence-corrected chi connectivity index (χ1v) is 6.52. The average molecular weight is 253 g/mol. The average Bonchev–Trinajstić information content (AvgIpc) is 2.68. The molecular weight excluding hydrogens is 236 g/mol. The predicted octanol–water partition coefficient (Wildman–Crippen LogP) is 3.24. The Morgan fingerprint density at radius 1 is 1.35 bits per heavy atom. The molecule has 0 saturated heterocycles. The van der Waals surface area contributed by atoms with Gasteiger partial charge in [-0.1, -0.05) is 6.07 Å². The lowest BCUT2D eigenvalue weighted by atomic mass is 10.3. The highest BCUT2D eigenvalue weighted by atomic mass is 35.5. The van der Waals surface area contributed by atoms with Crippen molar-refractivity contribution in [1.29, 1.82) is 0 Å². The second kappa shape index (κ2) is 5.41. The molecule has 0 atom stereocenters. The van der Waals surface area contributed by atoms with E-state index >= 15 is 0 Å². The van der Waals surface area contributed by atoms with E-state index in [-0.39, 0.29) is 0 Å². The van der Waals surface area contributed by atoms with Crippen molar-refractivity contribution in [3.8, 4) is 5.75 Å². The smallest absolute Gasteiger partial charge is 0.147 e. The van der Waals surface area contributed by atoms with Gasteiger partial charge in [-0.05, 0) is 26.0 Å². The Balaban J connectivity index is 2.58. The van der Waals surface area contributed by atoms with Crippen molar-refractivity contribution >= 4 is 22.6 Å². The number of nitrogens with zero attached hydrogens (tertiary/aromatic N) is 2. The zero-order valence-electron chi connectivity index (χ0n) is 10.2. The Kier molecular flexibility index (Phi) is 3.89. The maximum atomic E-state index is 5.81. The molecule has 1 heterocycles. The van der Waals surface area contributed by atoms with Gasteiger partial charge < -0.3 is 9.30 Å². The molecule has 4 heteroatoms. The number of hydrogen-bond acceptors (Lipinski definition) is 2. The van der Waals surface area contributed by atoms with Crippen LogP contribution in [0.15, 0.2) is 18.2 Å². The molecule has 0 radical (unpaired) electrons. The van der Waals surface area contributed by atoms with Crippen LogP contribution in [0.5, 0.6) is 5.75 Å². The van der Waals surface area contributed by atoms with Gasteiger partial charge in [-0.3, -0.25) is 0 Å². The van der Waals surface area contributed by atoms with Gasteiger partial charge >= 0.3 is 0 Å². The number of ether oxygens (including phenoxy) is 1. The summed E-state index contributed by atoms with van der Waals surface area (Å²) < 4.78 is 7.80. The van der Waals surface area contributed by atoms with E-state index in [0.29, 0.717) is 12.5 Å². The molecule has 2 rings (SSSR count). The van der Waals surface area contributed by atoms with Gasteiger partial charge in [0.1, 0.15) is 17.1 Å². The Labute approximate surface area is 106 Å². The van der Waals surface area contributed by atoms with E-state index in [9.17, 15) is 0 Å².